The highest BCUT2D eigenvalue weighted by Gasteiger charge is 2.15. The standard InChI is InChI=1S/C15H23NOS/c1-5-10-16(13(3)17)12(2)11-14-6-8-15(18-4)9-7-14/h6-9,12H,5,10-11H2,1-4H3. The van der Waals surface area contributed by atoms with Gasteiger partial charge >= 0.3 is 0 Å². The Balaban J connectivity index is 2.66. The Bertz CT molecular complexity index is 375. The Morgan fingerprint density at radius 3 is 2.39 bits per heavy atom. The molecule has 0 saturated carbocycles. The van der Waals surface area contributed by atoms with Gasteiger partial charge in [0, 0.05) is 24.4 Å². The molecule has 0 N–H and O–H groups in total. The first-order valence-electron chi connectivity index (χ1n) is 6.48. The lowest BCUT2D eigenvalue weighted by Gasteiger charge is -2.28. The van der Waals surface area contributed by atoms with Crippen LogP contribution in [0.15, 0.2) is 29.2 Å². The molecule has 18 heavy (non-hydrogen) atoms. The van der Waals surface area contributed by atoms with Crippen molar-refractivity contribution in [2.75, 3.05) is 12.8 Å². The molecule has 2 nitrogen and oxygen atoms in total. The highest BCUT2D eigenvalue weighted by atomic mass is 32.2. The van der Waals surface area contributed by atoms with Gasteiger partial charge in [-0.05, 0) is 43.7 Å². The van der Waals surface area contributed by atoms with Crippen molar-refractivity contribution in [2.24, 2.45) is 0 Å². The lowest BCUT2D eigenvalue weighted by Crippen LogP contribution is -2.38. The minimum absolute atomic E-state index is 0.171. The molecule has 0 bridgehead atoms. The monoisotopic (exact) mass is 265 g/mol. The van der Waals surface area contributed by atoms with E-state index in [1.165, 1.54) is 10.5 Å². The van der Waals surface area contributed by atoms with E-state index in [4.69, 9.17) is 0 Å². The number of amides is 1. The maximum Gasteiger partial charge on any atom is 0.219 e. The highest BCUT2D eigenvalue weighted by Crippen LogP contribution is 2.17. The summed E-state index contributed by atoms with van der Waals surface area (Å²) >= 11 is 1.75. The van der Waals surface area contributed by atoms with E-state index < -0.39 is 0 Å². The zero-order chi connectivity index (χ0) is 13.5. The number of benzene rings is 1. The SMILES string of the molecule is CCCN(C(C)=O)C(C)Cc1ccc(SC)cc1. The maximum absolute atomic E-state index is 11.6. The molecule has 0 radical (unpaired) electrons. The van der Waals surface area contributed by atoms with E-state index in [9.17, 15) is 4.79 Å². The summed E-state index contributed by atoms with van der Waals surface area (Å²) in [6.45, 7) is 6.73. The third-order valence-corrected chi connectivity index (χ3v) is 3.83. The van der Waals surface area contributed by atoms with Gasteiger partial charge in [0.2, 0.25) is 5.91 Å². The Morgan fingerprint density at radius 1 is 1.33 bits per heavy atom. The van der Waals surface area contributed by atoms with E-state index in [1.54, 1.807) is 18.7 Å². The lowest BCUT2D eigenvalue weighted by molar-refractivity contribution is -0.130. The van der Waals surface area contributed by atoms with Gasteiger partial charge in [0.25, 0.3) is 0 Å². The molecule has 0 heterocycles. The van der Waals surface area contributed by atoms with Crippen molar-refractivity contribution in [3.8, 4) is 0 Å². The van der Waals surface area contributed by atoms with Crippen LogP contribution in [0.25, 0.3) is 0 Å². The molecule has 1 aromatic carbocycles. The van der Waals surface area contributed by atoms with Crippen LogP contribution in [0.4, 0.5) is 0 Å². The van der Waals surface area contributed by atoms with Crippen molar-refractivity contribution in [1.82, 2.24) is 4.90 Å². The van der Waals surface area contributed by atoms with Crippen LogP contribution in [0, 0.1) is 0 Å². The maximum atomic E-state index is 11.6. The molecule has 0 aromatic heterocycles. The van der Waals surface area contributed by atoms with E-state index in [-0.39, 0.29) is 11.9 Å². The molecular formula is C15H23NOS. The molecule has 3 heteroatoms. The zero-order valence-corrected chi connectivity index (χ0v) is 12.6. The molecule has 0 spiro atoms. The second kappa shape index (κ2) is 7.47. The van der Waals surface area contributed by atoms with E-state index >= 15 is 0 Å². The second-order valence-electron chi connectivity index (χ2n) is 4.61. The molecule has 0 fully saturated rings. The summed E-state index contributed by atoms with van der Waals surface area (Å²) < 4.78 is 0. The molecule has 1 unspecified atom stereocenters. The predicted molar refractivity (Wildman–Crippen MR) is 79.1 cm³/mol. The number of carbonyl (C=O) groups excluding carboxylic acids is 1. The van der Waals surface area contributed by atoms with Crippen LogP contribution in [0.2, 0.25) is 0 Å². The van der Waals surface area contributed by atoms with Gasteiger partial charge in [0.1, 0.15) is 0 Å². The van der Waals surface area contributed by atoms with Gasteiger partial charge in [0.15, 0.2) is 0 Å². The first-order chi connectivity index (χ1) is 8.58. The molecule has 0 aliphatic heterocycles. The fourth-order valence-corrected chi connectivity index (χ4v) is 2.55. The quantitative estimate of drug-likeness (QED) is 0.733. The fourth-order valence-electron chi connectivity index (χ4n) is 2.14. The number of hydrogen-bond acceptors (Lipinski definition) is 2. The van der Waals surface area contributed by atoms with Gasteiger partial charge in [-0.3, -0.25) is 4.79 Å². The molecule has 0 saturated heterocycles. The second-order valence-corrected chi connectivity index (χ2v) is 5.49. The molecule has 1 aromatic rings. The van der Waals surface area contributed by atoms with Gasteiger partial charge in [-0.15, -0.1) is 11.8 Å². The van der Waals surface area contributed by atoms with Gasteiger partial charge in [-0.2, -0.15) is 0 Å². The number of rotatable bonds is 6. The van der Waals surface area contributed by atoms with Crippen LogP contribution in [0.5, 0.6) is 0 Å². The van der Waals surface area contributed by atoms with Crippen molar-refractivity contribution in [3.05, 3.63) is 29.8 Å². The molecule has 0 aliphatic carbocycles. The normalized spacial score (nSPS) is 12.2. The predicted octanol–water partition coefficient (Wildman–Crippen LogP) is 3.60. The number of hydrogen-bond donors (Lipinski definition) is 0. The van der Waals surface area contributed by atoms with Crippen molar-refractivity contribution < 1.29 is 4.79 Å². The van der Waals surface area contributed by atoms with Crippen LogP contribution < -0.4 is 0 Å². The number of nitrogens with zero attached hydrogens (tertiary/aromatic N) is 1. The average molecular weight is 265 g/mol. The van der Waals surface area contributed by atoms with Gasteiger partial charge in [0.05, 0.1) is 0 Å². The molecular weight excluding hydrogens is 242 g/mol. The fraction of sp³-hybridized carbons (Fsp3) is 0.533. The Labute approximate surface area is 115 Å². The first kappa shape index (κ1) is 15.1. The average Bonchev–Trinajstić information content (AvgIpc) is 2.36. The van der Waals surface area contributed by atoms with E-state index in [0.717, 1.165) is 19.4 Å². The van der Waals surface area contributed by atoms with Gasteiger partial charge in [-0.25, -0.2) is 0 Å². The topological polar surface area (TPSA) is 20.3 Å². The van der Waals surface area contributed by atoms with Crippen LogP contribution in [-0.2, 0) is 11.2 Å². The van der Waals surface area contributed by atoms with Crippen LogP contribution in [0.3, 0.4) is 0 Å². The zero-order valence-electron chi connectivity index (χ0n) is 11.8. The smallest absolute Gasteiger partial charge is 0.219 e. The van der Waals surface area contributed by atoms with E-state index in [0.29, 0.717) is 0 Å². The van der Waals surface area contributed by atoms with Crippen LogP contribution >= 0.6 is 11.8 Å². The van der Waals surface area contributed by atoms with Crippen molar-refractivity contribution in [3.63, 3.8) is 0 Å². The summed E-state index contributed by atoms with van der Waals surface area (Å²) in [6, 6.07) is 8.87. The summed E-state index contributed by atoms with van der Waals surface area (Å²) in [4.78, 5) is 14.8. The molecule has 0 aliphatic rings. The minimum Gasteiger partial charge on any atom is -0.340 e. The van der Waals surface area contributed by atoms with E-state index in [1.807, 2.05) is 4.90 Å². The molecule has 1 amide bonds. The number of thioether (sulfide) groups is 1. The largest absolute Gasteiger partial charge is 0.340 e. The summed E-state index contributed by atoms with van der Waals surface area (Å²) in [5, 5.41) is 0. The van der Waals surface area contributed by atoms with E-state index in [2.05, 4.69) is 44.4 Å². The minimum atomic E-state index is 0.171. The van der Waals surface area contributed by atoms with Crippen LogP contribution in [0.1, 0.15) is 32.8 Å². The Kier molecular flexibility index (Phi) is 6.27. The summed E-state index contributed by atoms with van der Waals surface area (Å²) in [6.07, 6.45) is 4.01. The summed E-state index contributed by atoms with van der Waals surface area (Å²) in [5.74, 6) is 0.171. The van der Waals surface area contributed by atoms with Crippen LogP contribution in [-0.4, -0.2) is 29.6 Å². The third-order valence-electron chi connectivity index (χ3n) is 3.09. The highest BCUT2D eigenvalue weighted by molar-refractivity contribution is 7.98. The van der Waals surface area contributed by atoms with Crippen molar-refractivity contribution >= 4 is 17.7 Å². The third kappa shape index (κ3) is 4.37. The van der Waals surface area contributed by atoms with Crippen molar-refractivity contribution in [1.29, 1.82) is 0 Å². The molecule has 1 atom stereocenters. The summed E-state index contributed by atoms with van der Waals surface area (Å²) in [5.41, 5.74) is 1.29. The Hall–Kier alpha value is -0.960. The summed E-state index contributed by atoms with van der Waals surface area (Å²) in [7, 11) is 0. The van der Waals surface area contributed by atoms with Gasteiger partial charge < -0.3 is 4.90 Å². The Morgan fingerprint density at radius 2 is 1.94 bits per heavy atom. The van der Waals surface area contributed by atoms with Gasteiger partial charge in [-0.1, -0.05) is 19.1 Å². The number of carbonyl (C=O) groups is 1. The first-order valence-corrected chi connectivity index (χ1v) is 7.71. The van der Waals surface area contributed by atoms with Crippen molar-refractivity contribution in [2.45, 2.75) is 44.6 Å². The molecule has 100 valence electrons. The molecule has 1 rings (SSSR count). The lowest BCUT2D eigenvalue weighted by atomic mass is 10.1.